The third kappa shape index (κ3) is 11.7. The SMILES string of the molecule is CC(=O)OCC(OC(COC(C)=O)C(CCl)OC(C)=O)C(CCl)OC(C)=O. The van der Waals surface area contributed by atoms with E-state index in [1.54, 1.807) is 0 Å². The molecule has 4 unspecified atom stereocenters. The summed E-state index contributed by atoms with van der Waals surface area (Å²) >= 11 is 11.7. The van der Waals surface area contributed by atoms with Gasteiger partial charge in [-0.05, 0) is 0 Å². The van der Waals surface area contributed by atoms with Crippen molar-refractivity contribution in [3.8, 4) is 0 Å². The van der Waals surface area contributed by atoms with Crippen LogP contribution in [0, 0.1) is 0 Å². The van der Waals surface area contributed by atoms with Crippen LogP contribution < -0.4 is 0 Å². The van der Waals surface area contributed by atoms with Crippen LogP contribution in [0.5, 0.6) is 0 Å². The summed E-state index contributed by atoms with van der Waals surface area (Å²) < 4.78 is 25.8. The van der Waals surface area contributed by atoms with Crippen LogP contribution in [0.15, 0.2) is 0 Å². The molecule has 0 bridgehead atoms. The highest BCUT2D eigenvalue weighted by Gasteiger charge is 2.34. The van der Waals surface area contributed by atoms with Gasteiger partial charge in [0, 0.05) is 27.7 Å². The Kier molecular flexibility index (Phi) is 12.8. The molecule has 0 spiro atoms. The number of rotatable bonds is 12. The van der Waals surface area contributed by atoms with E-state index >= 15 is 0 Å². The molecule has 4 atom stereocenters. The first kappa shape index (κ1) is 25.4. The molecular weight excluding hydrogens is 407 g/mol. The van der Waals surface area contributed by atoms with Crippen LogP contribution in [0.4, 0.5) is 0 Å². The Morgan fingerprint density at radius 1 is 0.630 bits per heavy atom. The van der Waals surface area contributed by atoms with E-state index in [1.165, 1.54) is 27.7 Å². The number of esters is 4. The second-order valence-corrected chi connectivity index (χ2v) is 6.04. The largest absolute Gasteiger partial charge is 0.463 e. The van der Waals surface area contributed by atoms with Gasteiger partial charge in [0.2, 0.25) is 0 Å². The Morgan fingerprint density at radius 3 is 1.19 bits per heavy atom. The summed E-state index contributed by atoms with van der Waals surface area (Å²) in [4.78, 5) is 44.9. The second-order valence-electron chi connectivity index (χ2n) is 5.42. The van der Waals surface area contributed by atoms with E-state index in [-0.39, 0.29) is 25.0 Å². The zero-order chi connectivity index (χ0) is 21.0. The van der Waals surface area contributed by atoms with Crippen molar-refractivity contribution in [2.45, 2.75) is 52.1 Å². The molecule has 9 nitrogen and oxygen atoms in total. The monoisotopic (exact) mass is 430 g/mol. The second kappa shape index (κ2) is 13.6. The summed E-state index contributed by atoms with van der Waals surface area (Å²) in [5.41, 5.74) is 0. The van der Waals surface area contributed by atoms with Crippen LogP contribution in [-0.4, -0.2) is 73.3 Å². The lowest BCUT2D eigenvalue weighted by Gasteiger charge is -2.32. The van der Waals surface area contributed by atoms with E-state index < -0.39 is 48.3 Å². The third-order valence-corrected chi connectivity index (χ3v) is 3.63. The van der Waals surface area contributed by atoms with E-state index in [4.69, 9.17) is 46.9 Å². The zero-order valence-corrected chi connectivity index (χ0v) is 17.1. The van der Waals surface area contributed by atoms with Gasteiger partial charge in [-0.3, -0.25) is 19.2 Å². The molecule has 11 heteroatoms. The van der Waals surface area contributed by atoms with Crippen molar-refractivity contribution in [1.82, 2.24) is 0 Å². The minimum atomic E-state index is -1.02. The summed E-state index contributed by atoms with van der Waals surface area (Å²) in [7, 11) is 0. The fourth-order valence-electron chi connectivity index (χ4n) is 1.93. The van der Waals surface area contributed by atoms with Crippen molar-refractivity contribution >= 4 is 47.1 Å². The summed E-state index contributed by atoms with van der Waals surface area (Å²) in [6.07, 6.45) is -3.98. The minimum absolute atomic E-state index is 0.162. The van der Waals surface area contributed by atoms with Gasteiger partial charge in [-0.15, -0.1) is 23.2 Å². The van der Waals surface area contributed by atoms with Crippen LogP contribution in [-0.2, 0) is 42.9 Å². The number of halogens is 2. The predicted molar refractivity (Wildman–Crippen MR) is 94.5 cm³/mol. The average Bonchev–Trinajstić information content (AvgIpc) is 2.56. The highest BCUT2D eigenvalue weighted by molar-refractivity contribution is 6.18. The van der Waals surface area contributed by atoms with Crippen molar-refractivity contribution in [2.75, 3.05) is 25.0 Å². The lowest BCUT2D eigenvalue weighted by molar-refractivity contribution is -0.185. The molecule has 0 aliphatic rings. The maximum atomic E-state index is 11.3. The van der Waals surface area contributed by atoms with Gasteiger partial charge >= 0.3 is 23.9 Å². The van der Waals surface area contributed by atoms with Crippen LogP contribution in [0.3, 0.4) is 0 Å². The number of hydrogen-bond acceptors (Lipinski definition) is 9. The molecular formula is C16H24Cl2O9. The Labute approximate surface area is 167 Å². The highest BCUT2D eigenvalue weighted by Crippen LogP contribution is 2.16. The lowest BCUT2D eigenvalue weighted by atomic mass is 10.2. The van der Waals surface area contributed by atoms with Crippen LogP contribution in [0.2, 0.25) is 0 Å². The fraction of sp³-hybridized carbons (Fsp3) is 0.750. The fourth-order valence-corrected chi connectivity index (χ4v) is 2.46. The maximum absolute atomic E-state index is 11.3. The standard InChI is InChI=1S/C16H24Cl2O9/c1-9(19)23-7-15(13(5-17)25-11(3)21)27-16(8-24-10(2)20)14(6-18)26-12(4)22/h13-16H,5-8H2,1-4H3. The summed E-state index contributed by atoms with van der Waals surface area (Å²) in [5, 5.41) is 0. The maximum Gasteiger partial charge on any atom is 0.303 e. The van der Waals surface area contributed by atoms with E-state index in [1.807, 2.05) is 0 Å². The summed E-state index contributed by atoms with van der Waals surface area (Å²) in [6, 6.07) is 0. The van der Waals surface area contributed by atoms with Gasteiger partial charge in [0.15, 0.2) is 0 Å². The van der Waals surface area contributed by atoms with E-state index in [9.17, 15) is 19.2 Å². The third-order valence-electron chi connectivity index (χ3n) is 3.02. The summed E-state index contributed by atoms with van der Waals surface area (Å²) in [5.74, 6) is -2.75. The highest BCUT2D eigenvalue weighted by atomic mass is 35.5. The summed E-state index contributed by atoms with van der Waals surface area (Å²) in [6.45, 7) is 4.14. The van der Waals surface area contributed by atoms with Gasteiger partial charge in [0.1, 0.15) is 37.6 Å². The number of alkyl halides is 2. The molecule has 0 fully saturated rings. The Bertz CT molecular complexity index is 468. The van der Waals surface area contributed by atoms with Gasteiger partial charge in [-0.25, -0.2) is 0 Å². The molecule has 0 aromatic carbocycles. The smallest absolute Gasteiger partial charge is 0.303 e. The van der Waals surface area contributed by atoms with Crippen molar-refractivity contribution in [3.63, 3.8) is 0 Å². The Morgan fingerprint density at radius 2 is 0.963 bits per heavy atom. The Balaban J connectivity index is 5.48. The molecule has 0 aromatic rings. The van der Waals surface area contributed by atoms with Crippen LogP contribution >= 0.6 is 23.2 Å². The number of carbonyl (C=O) groups excluding carboxylic acids is 4. The molecule has 0 N–H and O–H groups in total. The molecule has 156 valence electrons. The van der Waals surface area contributed by atoms with E-state index in [0.717, 1.165) is 0 Å². The van der Waals surface area contributed by atoms with Gasteiger partial charge in [-0.2, -0.15) is 0 Å². The molecule has 0 saturated carbocycles. The van der Waals surface area contributed by atoms with Crippen molar-refractivity contribution in [3.05, 3.63) is 0 Å². The predicted octanol–water partition coefficient (Wildman–Crippen LogP) is 1.21. The number of carbonyl (C=O) groups is 4. The van der Waals surface area contributed by atoms with E-state index in [2.05, 4.69) is 0 Å². The van der Waals surface area contributed by atoms with Gasteiger partial charge in [0.25, 0.3) is 0 Å². The molecule has 0 rings (SSSR count). The minimum Gasteiger partial charge on any atom is -0.463 e. The molecule has 0 aromatic heterocycles. The topological polar surface area (TPSA) is 114 Å². The molecule has 0 aliphatic carbocycles. The van der Waals surface area contributed by atoms with Crippen LogP contribution in [0.25, 0.3) is 0 Å². The van der Waals surface area contributed by atoms with Crippen molar-refractivity contribution in [2.24, 2.45) is 0 Å². The molecule has 0 amide bonds. The van der Waals surface area contributed by atoms with Crippen LogP contribution in [0.1, 0.15) is 27.7 Å². The molecule has 27 heavy (non-hydrogen) atoms. The van der Waals surface area contributed by atoms with Gasteiger partial charge in [-0.1, -0.05) is 0 Å². The molecule has 0 aliphatic heterocycles. The number of ether oxygens (including phenoxy) is 5. The normalized spacial score (nSPS) is 15.0. The first-order chi connectivity index (χ1) is 12.6. The first-order valence-corrected chi connectivity index (χ1v) is 9.06. The van der Waals surface area contributed by atoms with Crippen molar-refractivity contribution in [1.29, 1.82) is 0 Å². The lowest BCUT2D eigenvalue weighted by Crippen LogP contribution is -2.47. The molecule has 0 radical (unpaired) electrons. The molecule has 0 heterocycles. The quantitative estimate of drug-likeness (QED) is 0.255. The first-order valence-electron chi connectivity index (χ1n) is 7.99. The Hall–Kier alpha value is -1.58. The molecule has 0 saturated heterocycles. The van der Waals surface area contributed by atoms with Crippen molar-refractivity contribution < 1.29 is 42.9 Å². The van der Waals surface area contributed by atoms with Gasteiger partial charge in [0.05, 0.1) is 11.8 Å². The number of hydrogen-bond donors (Lipinski definition) is 0. The van der Waals surface area contributed by atoms with Gasteiger partial charge < -0.3 is 23.7 Å². The van der Waals surface area contributed by atoms with E-state index in [0.29, 0.717) is 0 Å². The zero-order valence-electron chi connectivity index (χ0n) is 15.6. The average molecular weight is 431 g/mol.